The van der Waals surface area contributed by atoms with E-state index in [9.17, 15) is 20.2 Å². The van der Waals surface area contributed by atoms with E-state index in [4.69, 9.17) is 0 Å². The minimum atomic E-state index is -0.345. The van der Waals surface area contributed by atoms with Gasteiger partial charge in [-0.15, -0.1) is 68.0 Å². The number of hydrogen-bond donors (Lipinski definition) is 0. The van der Waals surface area contributed by atoms with Crippen molar-refractivity contribution in [1.82, 2.24) is 0 Å². The van der Waals surface area contributed by atoms with Crippen LogP contribution in [-0.2, 0) is 12.8 Å². The highest BCUT2D eigenvalue weighted by molar-refractivity contribution is 7.46. The van der Waals surface area contributed by atoms with Gasteiger partial charge >= 0.3 is 0 Å². The van der Waals surface area contributed by atoms with Crippen molar-refractivity contribution < 1.29 is 9.85 Å². The van der Waals surface area contributed by atoms with E-state index in [0.717, 1.165) is 24.0 Å². The summed E-state index contributed by atoms with van der Waals surface area (Å²) in [5.74, 6) is 0. The maximum absolute atomic E-state index is 11.3. The molecule has 0 radical (unpaired) electrons. The van der Waals surface area contributed by atoms with Crippen LogP contribution in [0.15, 0.2) is 72.8 Å². The molecular weight excluding hydrogens is 1100 g/mol. The Labute approximate surface area is 501 Å². The molecule has 12 heteroatoms. The van der Waals surface area contributed by atoms with Crippen LogP contribution in [-0.4, -0.2) is 9.85 Å². The lowest BCUT2D eigenvalue weighted by molar-refractivity contribution is -0.385. The molecule has 0 saturated carbocycles. The molecule has 0 atom stereocenters. The summed E-state index contributed by atoms with van der Waals surface area (Å²) in [6.45, 7) is 4.59. The van der Waals surface area contributed by atoms with E-state index in [-0.39, 0.29) is 21.2 Å². The molecule has 0 amide bonds. The van der Waals surface area contributed by atoms with Gasteiger partial charge in [0.05, 0.1) is 38.0 Å². The van der Waals surface area contributed by atoms with Crippen molar-refractivity contribution in [2.24, 2.45) is 0 Å². The number of non-ortho nitro benzene ring substituents is 2. The average Bonchev–Trinajstić information content (AvgIpc) is 4.49. The first-order chi connectivity index (χ1) is 39.3. The second kappa shape index (κ2) is 33.7. The van der Waals surface area contributed by atoms with Crippen LogP contribution in [0.4, 0.5) is 11.4 Å². The SMILES string of the molecule is CCCCCCCCCCCCCCCCCc1c(-c2ccc(/C=C/c3ccc([N+](=O)[O-])cc3)s2)sc2c1sc1c3sc(-c4ccc(/C=C/c5ccc([N+](=O)[O-])cc5)s4)c(CCCCCCCCCCCCCCCCC)c3sc21. The minimum Gasteiger partial charge on any atom is -0.258 e. The first-order valence-electron chi connectivity index (χ1n) is 30.8. The van der Waals surface area contributed by atoms with Crippen LogP contribution in [0.5, 0.6) is 0 Å². The van der Waals surface area contributed by atoms with E-state index in [2.05, 4.69) is 62.4 Å². The highest BCUT2D eigenvalue weighted by Crippen LogP contribution is 2.56. The van der Waals surface area contributed by atoms with Crippen molar-refractivity contribution in [2.75, 3.05) is 0 Å². The summed E-state index contributed by atoms with van der Waals surface area (Å²) >= 11 is 11.8. The molecule has 0 saturated heterocycles. The molecule has 6 heterocycles. The smallest absolute Gasteiger partial charge is 0.258 e. The Kier molecular flexibility index (Phi) is 26.0. The van der Waals surface area contributed by atoms with Gasteiger partial charge in [-0.1, -0.05) is 206 Å². The molecule has 0 aliphatic carbocycles. The molecule has 2 aromatic carbocycles. The van der Waals surface area contributed by atoms with Crippen LogP contribution in [0.1, 0.15) is 238 Å². The molecule has 8 rings (SSSR count). The minimum absolute atomic E-state index is 0.112. The van der Waals surface area contributed by atoms with Crippen molar-refractivity contribution in [3.05, 3.63) is 125 Å². The van der Waals surface area contributed by atoms with Gasteiger partial charge in [0.2, 0.25) is 0 Å². The molecule has 6 nitrogen and oxygen atoms in total. The van der Waals surface area contributed by atoms with Crippen LogP contribution in [0.2, 0.25) is 0 Å². The molecule has 0 fully saturated rings. The van der Waals surface area contributed by atoms with Crippen LogP contribution >= 0.6 is 68.0 Å². The van der Waals surface area contributed by atoms with Crippen molar-refractivity contribution in [3.8, 4) is 19.5 Å². The number of nitrogens with zero attached hydrogens (tertiary/aromatic N) is 2. The van der Waals surface area contributed by atoms with Crippen LogP contribution < -0.4 is 0 Å². The van der Waals surface area contributed by atoms with Crippen LogP contribution in [0, 0.1) is 20.2 Å². The van der Waals surface area contributed by atoms with Gasteiger partial charge in [0.25, 0.3) is 11.4 Å². The summed E-state index contributed by atoms with van der Waals surface area (Å²) in [5, 5.41) is 22.5. The fourth-order valence-electron chi connectivity index (χ4n) is 11.1. The summed E-state index contributed by atoms with van der Waals surface area (Å²) in [6, 6.07) is 22.7. The lowest BCUT2D eigenvalue weighted by atomic mass is 10.0. The summed E-state index contributed by atoms with van der Waals surface area (Å²) in [7, 11) is 0. The average molecular weight is 1190 g/mol. The Hall–Kier alpha value is -4.30. The molecule has 0 aliphatic heterocycles. The molecule has 0 unspecified atom stereocenters. The molecular formula is C68H86N2O4S6. The largest absolute Gasteiger partial charge is 0.269 e. The number of thiophene rings is 6. The fourth-order valence-corrected chi connectivity index (χ4v) is 19.5. The summed E-state index contributed by atoms with van der Waals surface area (Å²) in [4.78, 5) is 29.7. The Morgan fingerprint density at radius 1 is 0.325 bits per heavy atom. The topological polar surface area (TPSA) is 86.3 Å². The number of aryl methyl sites for hydroxylation is 2. The number of nitro groups is 2. The molecule has 8 aromatic rings. The van der Waals surface area contributed by atoms with E-state index in [0.29, 0.717) is 0 Å². The molecule has 0 spiro atoms. The van der Waals surface area contributed by atoms with E-state index in [1.807, 2.05) is 92.3 Å². The predicted molar refractivity (Wildman–Crippen MR) is 358 cm³/mol. The lowest BCUT2D eigenvalue weighted by Gasteiger charge is -2.05. The van der Waals surface area contributed by atoms with Crippen molar-refractivity contribution >= 4 is 132 Å². The van der Waals surface area contributed by atoms with Gasteiger partial charge in [-0.25, -0.2) is 0 Å². The van der Waals surface area contributed by atoms with E-state index in [1.165, 1.54) is 261 Å². The maximum atomic E-state index is 11.3. The van der Waals surface area contributed by atoms with Crippen molar-refractivity contribution in [3.63, 3.8) is 0 Å². The third-order valence-corrected chi connectivity index (χ3v) is 23.9. The fraction of sp³-hybridized carbons (Fsp3) is 0.500. The number of unbranched alkanes of at least 4 members (excludes halogenated alkanes) is 28. The van der Waals surface area contributed by atoms with Crippen molar-refractivity contribution in [1.29, 1.82) is 0 Å². The van der Waals surface area contributed by atoms with E-state index < -0.39 is 0 Å². The van der Waals surface area contributed by atoms with Gasteiger partial charge < -0.3 is 0 Å². The third-order valence-electron chi connectivity index (χ3n) is 15.8. The van der Waals surface area contributed by atoms with Crippen LogP contribution in [0.3, 0.4) is 0 Å². The second-order valence-corrected chi connectivity index (χ2v) is 28.5. The highest BCUT2D eigenvalue weighted by atomic mass is 32.1. The molecule has 0 bridgehead atoms. The number of rotatable bonds is 40. The van der Waals surface area contributed by atoms with Gasteiger partial charge in [-0.3, -0.25) is 20.2 Å². The Balaban J connectivity index is 0.982. The predicted octanol–water partition coefficient (Wildman–Crippen LogP) is 25.8. The van der Waals surface area contributed by atoms with E-state index in [1.54, 1.807) is 24.3 Å². The highest BCUT2D eigenvalue weighted by Gasteiger charge is 2.26. The zero-order valence-corrected chi connectivity index (χ0v) is 52.7. The standard InChI is InChI=1S/C68H86N2O4S6/c1-3-5-7-9-11-13-15-17-19-21-23-25-27-29-31-33-57-61(59-49-47-55(75-59)45-39-51-35-41-53(42-36-51)69(71)72)77-65-63(57)79-68-66-64(80-67(65)68)58(34-32-30-28-26-24-22-20-18-16-14-12-10-8-6-4-2)62(78-66)60-50-48-56(76-60)46-40-52-37-43-54(44-38-52)70(73)74/h35-50H,3-34H2,1-2H3/b45-39+,46-40+. The summed E-state index contributed by atoms with van der Waals surface area (Å²) in [5.41, 5.74) is 5.20. The monoisotopic (exact) mass is 1190 g/mol. The Morgan fingerprint density at radius 2 is 0.613 bits per heavy atom. The zero-order valence-electron chi connectivity index (χ0n) is 47.8. The van der Waals surface area contributed by atoms with Crippen LogP contribution in [0.25, 0.3) is 72.0 Å². The summed E-state index contributed by atoms with van der Waals surface area (Å²) < 4.78 is 8.85. The molecule has 0 N–H and O–H groups in total. The lowest BCUT2D eigenvalue weighted by Crippen LogP contribution is -1.87. The molecule has 80 heavy (non-hydrogen) atoms. The van der Waals surface area contributed by atoms with Gasteiger partial charge in [-0.2, -0.15) is 0 Å². The first-order valence-corrected chi connectivity index (χ1v) is 35.7. The maximum Gasteiger partial charge on any atom is 0.269 e. The number of hydrogen-bond acceptors (Lipinski definition) is 10. The molecule has 428 valence electrons. The molecule has 6 aromatic heterocycles. The quantitative estimate of drug-likeness (QED) is 0.0218. The Bertz CT molecular complexity index is 2960. The van der Waals surface area contributed by atoms with Gasteiger partial charge in [0, 0.05) is 53.5 Å². The molecule has 0 aliphatic rings. The summed E-state index contributed by atoms with van der Waals surface area (Å²) in [6.07, 6.45) is 51.6. The first kappa shape index (κ1) is 61.8. The van der Waals surface area contributed by atoms with Gasteiger partial charge in [0.15, 0.2) is 0 Å². The van der Waals surface area contributed by atoms with Crippen molar-refractivity contribution in [2.45, 2.75) is 219 Å². The third kappa shape index (κ3) is 18.3. The van der Waals surface area contributed by atoms with Gasteiger partial charge in [0.1, 0.15) is 0 Å². The van der Waals surface area contributed by atoms with Gasteiger partial charge in [-0.05, 0) is 109 Å². The number of benzene rings is 2. The van der Waals surface area contributed by atoms with E-state index >= 15 is 0 Å². The number of fused-ring (bicyclic) bond motifs is 5. The zero-order chi connectivity index (χ0) is 55.7. The normalized spacial score (nSPS) is 12.1. The number of nitro benzene ring substituents is 2. The second-order valence-electron chi connectivity index (χ2n) is 22.2. The Morgan fingerprint density at radius 3 is 0.912 bits per heavy atom.